The van der Waals surface area contributed by atoms with Gasteiger partial charge in [-0.15, -0.1) is 11.3 Å². The van der Waals surface area contributed by atoms with E-state index in [1.165, 1.54) is 37.0 Å². The molecule has 1 aromatic heterocycles. The molecule has 0 spiro atoms. The highest BCUT2D eigenvalue weighted by Crippen LogP contribution is 2.36. The average Bonchev–Trinajstić information content (AvgIpc) is 2.88. The highest BCUT2D eigenvalue weighted by Gasteiger charge is 2.27. The van der Waals surface area contributed by atoms with E-state index in [1.54, 1.807) is 6.07 Å². The fraction of sp³-hybridized carbons (Fsp3) is 0.615. The van der Waals surface area contributed by atoms with Crippen LogP contribution in [0, 0.1) is 5.41 Å². The standard InChI is InChI=1S/C13H19NO2S/c1-13(6-2-3-7-13)9-14-8-10-4-5-11(17-10)12(15)16/h4-5,14H,2-3,6-9H2,1H3,(H,15,16). The number of carboxylic acid groups (broad SMARTS) is 1. The van der Waals surface area contributed by atoms with E-state index in [2.05, 4.69) is 12.2 Å². The van der Waals surface area contributed by atoms with Crippen molar-refractivity contribution >= 4 is 17.3 Å². The molecule has 1 aromatic rings. The summed E-state index contributed by atoms with van der Waals surface area (Å²) in [6.07, 6.45) is 5.32. The molecule has 94 valence electrons. The molecule has 0 aliphatic heterocycles. The maximum absolute atomic E-state index is 10.7. The van der Waals surface area contributed by atoms with Gasteiger partial charge in [-0.05, 0) is 30.4 Å². The van der Waals surface area contributed by atoms with Crippen LogP contribution in [0.5, 0.6) is 0 Å². The van der Waals surface area contributed by atoms with Crippen LogP contribution in [0.15, 0.2) is 12.1 Å². The fourth-order valence-corrected chi connectivity index (χ4v) is 3.30. The van der Waals surface area contributed by atoms with Gasteiger partial charge in [0.2, 0.25) is 0 Å². The van der Waals surface area contributed by atoms with Crippen LogP contribution in [-0.2, 0) is 6.54 Å². The number of carbonyl (C=O) groups is 1. The average molecular weight is 253 g/mol. The molecule has 0 amide bonds. The molecule has 2 rings (SSSR count). The van der Waals surface area contributed by atoms with Gasteiger partial charge in [0.25, 0.3) is 0 Å². The SMILES string of the molecule is CC1(CNCc2ccc(C(=O)O)s2)CCCC1. The molecule has 0 bridgehead atoms. The van der Waals surface area contributed by atoms with Crippen LogP contribution < -0.4 is 5.32 Å². The first-order valence-corrected chi connectivity index (χ1v) is 6.93. The Bertz CT molecular complexity index is 394. The van der Waals surface area contributed by atoms with Crippen molar-refractivity contribution in [3.05, 3.63) is 21.9 Å². The Labute approximate surface area is 106 Å². The summed E-state index contributed by atoms with van der Waals surface area (Å²) >= 11 is 1.36. The molecule has 0 radical (unpaired) electrons. The van der Waals surface area contributed by atoms with Crippen molar-refractivity contribution in [2.24, 2.45) is 5.41 Å². The number of carboxylic acids is 1. The van der Waals surface area contributed by atoms with E-state index in [4.69, 9.17) is 5.11 Å². The molecule has 1 saturated carbocycles. The van der Waals surface area contributed by atoms with Gasteiger partial charge in [-0.25, -0.2) is 4.79 Å². The predicted molar refractivity (Wildman–Crippen MR) is 69.6 cm³/mol. The van der Waals surface area contributed by atoms with E-state index in [0.717, 1.165) is 18.0 Å². The van der Waals surface area contributed by atoms with E-state index in [9.17, 15) is 4.79 Å². The van der Waals surface area contributed by atoms with Crippen molar-refractivity contribution in [3.8, 4) is 0 Å². The smallest absolute Gasteiger partial charge is 0.345 e. The topological polar surface area (TPSA) is 49.3 Å². The van der Waals surface area contributed by atoms with Crippen molar-refractivity contribution in [3.63, 3.8) is 0 Å². The Hall–Kier alpha value is -0.870. The molecule has 1 aliphatic carbocycles. The number of rotatable bonds is 5. The third-order valence-electron chi connectivity index (χ3n) is 3.53. The lowest BCUT2D eigenvalue weighted by atomic mass is 9.89. The van der Waals surface area contributed by atoms with Gasteiger partial charge in [0.15, 0.2) is 0 Å². The van der Waals surface area contributed by atoms with Crippen LogP contribution in [0.1, 0.15) is 47.2 Å². The third kappa shape index (κ3) is 3.30. The van der Waals surface area contributed by atoms with Crippen LogP contribution in [0.3, 0.4) is 0 Å². The molecule has 1 heterocycles. The molecule has 0 atom stereocenters. The quantitative estimate of drug-likeness (QED) is 0.847. The lowest BCUT2D eigenvalue weighted by Crippen LogP contribution is -2.28. The molecular weight excluding hydrogens is 234 g/mol. The van der Waals surface area contributed by atoms with Gasteiger partial charge in [0.1, 0.15) is 4.88 Å². The highest BCUT2D eigenvalue weighted by atomic mass is 32.1. The summed E-state index contributed by atoms with van der Waals surface area (Å²) in [5.74, 6) is -0.830. The Morgan fingerprint density at radius 3 is 2.76 bits per heavy atom. The number of nitrogens with one attached hydrogen (secondary N) is 1. The summed E-state index contributed by atoms with van der Waals surface area (Å²) in [6.45, 7) is 4.16. The van der Waals surface area contributed by atoms with Crippen LogP contribution in [0.25, 0.3) is 0 Å². The van der Waals surface area contributed by atoms with Gasteiger partial charge in [0.05, 0.1) is 0 Å². The maximum atomic E-state index is 10.7. The van der Waals surface area contributed by atoms with Gasteiger partial charge in [-0.1, -0.05) is 19.8 Å². The van der Waals surface area contributed by atoms with Crippen molar-refractivity contribution in [2.75, 3.05) is 6.54 Å². The minimum absolute atomic E-state index is 0.425. The summed E-state index contributed by atoms with van der Waals surface area (Å²) in [5, 5.41) is 12.3. The zero-order valence-electron chi connectivity index (χ0n) is 10.2. The van der Waals surface area contributed by atoms with E-state index in [-0.39, 0.29) is 0 Å². The molecule has 2 N–H and O–H groups in total. The van der Waals surface area contributed by atoms with Gasteiger partial charge in [-0.3, -0.25) is 0 Å². The molecule has 17 heavy (non-hydrogen) atoms. The van der Waals surface area contributed by atoms with Gasteiger partial charge in [-0.2, -0.15) is 0 Å². The predicted octanol–water partition coefficient (Wildman–Crippen LogP) is 3.12. The van der Waals surface area contributed by atoms with Gasteiger partial charge in [0, 0.05) is 18.0 Å². The molecule has 0 aromatic carbocycles. The van der Waals surface area contributed by atoms with E-state index >= 15 is 0 Å². The first kappa shape index (κ1) is 12.6. The summed E-state index contributed by atoms with van der Waals surface area (Å²) in [5.41, 5.74) is 0.451. The summed E-state index contributed by atoms with van der Waals surface area (Å²) < 4.78 is 0. The fourth-order valence-electron chi connectivity index (χ4n) is 2.48. The van der Waals surface area contributed by atoms with E-state index < -0.39 is 5.97 Å². The molecule has 1 fully saturated rings. The van der Waals surface area contributed by atoms with Crippen molar-refractivity contribution in [1.29, 1.82) is 0 Å². The first-order chi connectivity index (χ1) is 8.09. The third-order valence-corrected chi connectivity index (χ3v) is 4.61. The molecule has 0 saturated heterocycles. The van der Waals surface area contributed by atoms with Crippen molar-refractivity contribution < 1.29 is 9.90 Å². The number of aromatic carboxylic acids is 1. The summed E-state index contributed by atoms with van der Waals surface area (Å²) in [4.78, 5) is 12.3. The Balaban J connectivity index is 1.79. The highest BCUT2D eigenvalue weighted by molar-refractivity contribution is 7.13. The number of thiophene rings is 1. The molecule has 4 heteroatoms. The van der Waals surface area contributed by atoms with Crippen LogP contribution in [0.4, 0.5) is 0 Å². The second-order valence-corrected chi connectivity index (χ2v) is 6.36. The second-order valence-electron chi connectivity index (χ2n) is 5.19. The first-order valence-electron chi connectivity index (χ1n) is 6.12. The molecule has 0 unspecified atom stereocenters. The van der Waals surface area contributed by atoms with E-state index in [0.29, 0.717) is 10.3 Å². The minimum Gasteiger partial charge on any atom is -0.477 e. The minimum atomic E-state index is -0.830. The Morgan fingerprint density at radius 2 is 2.18 bits per heavy atom. The van der Waals surface area contributed by atoms with Crippen LogP contribution in [-0.4, -0.2) is 17.6 Å². The lowest BCUT2D eigenvalue weighted by molar-refractivity contribution is 0.0702. The lowest BCUT2D eigenvalue weighted by Gasteiger charge is -2.23. The Kier molecular flexibility index (Phi) is 3.84. The van der Waals surface area contributed by atoms with Crippen LogP contribution >= 0.6 is 11.3 Å². The van der Waals surface area contributed by atoms with Gasteiger partial charge >= 0.3 is 5.97 Å². The summed E-state index contributed by atoms with van der Waals surface area (Å²) in [7, 11) is 0. The largest absolute Gasteiger partial charge is 0.477 e. The molecule has 3 nitrogen and oxygen atoms in total. The summed E-state index contributed by atoms with van der Waals surface area (Å²) in [6, 6.07) is 3.58. The zero-order valence-corrected chi connectivity index (χ0v) is 11.0. The number of hydrogen-bond donors (Lipinski definition) is 2. The second kappa shape index (κ2) is 5.19. The monoisotopic (exact) mass is 253 g/mol. The number of hydrogen-bond acceptors (Lipinski definition) is 3. The zero-order chi connectivity index (χ0) is 12.3. The van der Waals surface area contributed by atoms with E-state index in [1.807, 2.05) is 6.07 Å². The van der Waals surface area contributed by atoms with Crippen molar-refractivity contribution in [2.45, 2.75) is 39.2 Å². The molecular formula is C13H19NO2S. The van der Waals surface area contributed by atoms with Crippen LogP contribution in [0.2, 0.25) is 0 Å². The Morgan fingerprint density at radius 1 is 1.47 bits per heavy atom. The van der Waals surface area contributed by atoms with Crippen molar-refractivity contribution in [1.82, 2.24) is 5.32 Å². The maximum Gasteiger partial charge on any atom is 0.345 e. The normalized spacial score (nSPS) is 18.4. The molecule has 1 aliphatic rings. The van der Waals surface area contributed by atoms with Gasteiger partial charge < -0.3 is 10.4 Å².